The maximum atomic E-state index is 13.3. The van der Waals surface area contributed by atoms with Gasteiger partial charge in [0.25, 0.3) is 0 Å². The molecule has 0 radical (unpaired) electrons. The van der Waals surface area contributed by atoms with Gasteiger partial charge in [-0.25, -0.2) is 8.42 Å². The standard InChI is InChI=1S/C16H20F3S.CHF3O3S/c1-5-6-13-10-11-9-12(15(2,3)4)7-8-14(11)20(13)16(17,18)19;2-1(3,4)8(5,6)7/h7-10H,5-6H2,1-4H3;(H,5,6,7)/q+1;/p-1. The van der Waals surface area contributed by atoms with E-state index in [1.807, 2.05) is 19.1 Å². The van der Waals surface area contributed by atoms with Crippen molar-refractivity contribution >= 4 is 30.7 Å². The Morgan fingerprint density at radius 3 is 1.86 bits per heavy atom. The van der Waals surface area contributed by atoms with E-state index in [4.69, 9.17) is 13.0 Å². The predicted molar refractivity (Wildman–Crippen MR) is 96.2 cm³/mol. The van der Waals surface area contributed by atoms with E-state index in [1.54, 1.807) is 12.1 Å². The highest BCUT2D eigenvalue weighted by atomic mass is 32.2. The zero-order valence-corrected chi connectivity index (χ0v) is 17.2. The van der Waals surface area contributed by atoms with Crippen molar-refractivity contribution in [1.82, 2.24) is 0 Å². The molecule has 0 aliphatic rings. The van der Waals surface area contributed by atoms with Crippen LogP contribution in [0.2, 0.25) is 0 Å². The van der Waals surface area contributed by atoms with Crippen molar-refractivity contribution in [3.05, 3.63) is 34.7 Å². The number of alkyl halides is 6. The van der Waals surface area contributed by atoms with E-state index in [2.05, 4.69) is 20.8 Å². The lowest BCUT2D eigenvalue weighted by molar-refractivity contribution is -0.0867. The van der Waals surface area contributed by atoms with Crippen molar-refractivity contribution < 1.29 is 39.3 Å². The van der Waals surface area contributed by atoms with E-state index < -0.39 is 31.6 Å². The van der Waals surface area contributed by atoms with Crippen LogP contribution in [0.15, 0.2) is 24.3 Å². The fourth-order valence-corrected chi connectivity index (χ4v) is 4.42. The lowest BCUT2D eigenvalue weighted by Gasteiger charge is -2.18. The molecule has 0 spiro atoms. The highest BCUT2D eigenvalue weighted by Crippen LogP contribution is 2.51. The Morgan fingerprint density at radius 2 is 1.50 bits per heavy atom. The fraction of sp³-hybridized carbons (Fsp3) is 0.529. The Labute approximate surface area is 162 Å². The van der Waals surface area contributed by atoms with Crippen LogP contribution in [0, 0.1) is 0 Å². The van der Waals surface area contributed by atoms with E-state index in [9.17, 15) is 26.3 Å². The first-order valence-electron chi connectivity index (χ1n) is 8.08. The fourth-order valence-electron chi connectivity index (χ4n) is 2.38. The molecule has 0 saturated heterocycles. The summed E-state index contributed by atoms with van der Waals surface area (Å²) in [5, 5.41) is 0.751. The Bertz CT molecular complexity index is 919. The Hall–Kier alpha value is -1.33. The number of hydrogen-bond donors (Lipinski definition) is 0. The van der Waals surface area contributed by atoms with Crippen LogP contribution in [-0.4, -0.2) is 18.5 Å². The highest BCUT2D eigenvalue weighted by Gasteiger charge is 2.47. The topological polar surface area (TPSA) is 57.2 Å². The zero-order valence-electron chi connectivity index (χ0n) is 15.5. The zero-order chi connectivity index (χ0) is 22.1. The maximum Gasteiger partial charge on any atom is 0.600 e. The predicted octanol–water partition coefficient (Wildman–Crippen LogP) is 6.37. The van der Waals surface area contributed by atoms with Gasteiger partial charge in [0, 0.05) is 17.9 Å². The molecule has 0 amide bonds. The summed E-state index contributed by atoms with van der Waals surface area (Å²) < 4.78 is 99.3. The molecule has 0 saturated carbocycles. The van der Waals surface area contributed by atoms with E-state index in [0.29, 0.717) is 16.0 Å². The molecule has 160 valence electrons. The van der Waals surface area contributed by atoms with E-state index in [-0.39, 0.29) is 5.41 Å². The van der Waals surface area contributed by atoms with E-state index in [0.717, 1.165) is 17.4 Å². The summed E-state index contributed by atoms with van der Waals surface area (Å²) in [6.45, 7) is 8.14. The molecule has 2 rings (SSSR count). The average molecular weight is 450 g/mol. The van der Waals surface area contributed by atoms with Crippen LogP contribution in [-0.2, 0) is 27.5 Å². The summed E-state index contributed by atoms with van der Waals surface area (Å²) in [6.07, 6.45) is 1.26. The smallest absolute Gasteiger partial charge is 0.600 e. The first-order chi connectivity index (χ1) is 12.4. The summed E-state index contributed by atoms with van der Waals surface area (Å²) in [5.74, 6) is 0. The number of benzene rings is 1. The minimum absolute atomic E-state index is 0.0484. The molecule has 3 nitrogen and oxygen atoms in total. The van der Waals surface area contributed by atoms with Gasteiger partial charge in [-0.15, -0.1) is 13.2 Å². The molecule has 1 heterocycles. The third-order valence-electron chi connectivity index (χ3n) is 3.69. The van der Waals surface area contributed by atoms with Crippen molar-refractivity contribution in [2.75, 3.05) is 0 Å². The summed E-state index contributed by atoms with van der Waals surface area (Å²) in [5.41, 5.74) is -8.79. The van der Waals surface area contributed by atoms with Gasteiger partial charge in [0.15, 0.2) is 19.7 Å². The summed E-state index contributed by atoms with van der Waals surface area (Å²) in [7, 11) is -7.82. The molecular formula is C17H20F6O3S2. The number of aryl methyl sites for hydroxylation is 1. The second kappa shape index (κ2) is 8.19. The van der Waals surface area contributed by atoms with Gasteiger partial charge < -0.3 is 4.55 Å². The van der Waals surface area contributed by atoms with E-state index in [1.165, 1.54) is 0 Å². The van der Waals surface area contributed by atoms with Gasteiger partial charge in [-0.3, -0.25) is 0 Å². The van der Waals surface area contributed by atoms with Crippen LogP contribution >= 0.6 is 10.5 Å². The Balaban J connectivity index is 0.000000416. The summed E-state index contributed by atoms with van der Waals surface area (Å²) in [4.78, 5) is 0.529. The van der Waals surface area contributed by atoms with Crippen molar-refractivity contribution in [3.63, 3.8) is 0 Å². The molecule has 0 aliphatic heterocycles. The number of fused-ring (bicyclic) bond motifs is 1. The minimum atomic E-state index is -6.09. The van der Waals surface area contributed by atoms with Crippen molar-refractivity contribution in [1.29, 1.82) is 0 Å². The molecule has 0 N–H and O–H groups in total. The quantitative estimate of drug-likeness (QED) is 0.231. The third kappa shape index (κ3) is 6.08. The number of halogens is 6. The van der Waals surface area contributed by atoms with Crippen LogP contribution in [0.3, 0.4) is 0 Å². The van der Waals surface area contributed by atoms with Crippen LogP contribution in [0.5, 0.6) is 0 Å². The maximum absolute atomic E-state index is 13.3. The van der Waals surface area contributed by atoms with Crippen molar-refractivity contribution in [2.24, 2.45) is 0 Å². The second-order valence-corrected chi connectivity index (χ2v) is 10.4. The molecule has 1 unspecified atom stereocenters. The van der Waals surface area contributed by atoms with Gasteiger partial charge in [-0.1, -0.05) is 33.8 Å². The molecule has 1 aromatic carbocycles. The van der Waals surface area contributed by atoms with Crippen molar-refractivity contribution in [2.45, 2.75) is 57.0 Å². The first-order valence-corrected chi connectivity index (χ1v) is 10.7. The third-order valence-corrected chi connectivity index (χ3v) is 6.37. The highest BCUT2D eigenvalue weighted by molar-refractivity contribution is 7.86. The molecule has 1 atom stereocenters. The van der Waals surface area contributed by atoms with Crippen molar-refractivity contribution in [3.8, 4) is 0 Å². The van der Waals surface area contributed by atoms with Crippen LogP contribution in [0.1, 0.15) is 44.6 Å². The molecule has 0 fully saturated rings. The molecular weight excluding hydrogens is 430 g/mol. The minimum Gasteiger partial charge on any atom is -0.741 e. The largest absolute Gasteiger partial charge is 0.741 e. The first kappa shape index (κ1) is 24.7. The average Bonchev–Trinajstić information content (AvgIpc) is 2.82. The molecule has 11 heteroatoms. The van der Waals surface area contributed by atoms with Gasteiger partial charge in [-0.2, -0.15) is 13.2 Å². The summed E-state index contributed by atoms with van der Waals surface area (Å²) >= 11 is 0. The second-order valence-electron chi connectivity index (χ2n) is 7.02. The molecule has 0 bridgehead atoms. The monoisotopic (exact) mass is 450 g/mol. The van der Waals surface area contributed by atoms with Crippen LogP contribution in [0.4, 0.5) is 26.3 Å². The number of rotatable bonds is 2. The van der Waals surface area contributed by atoms with Gasteiger partial charge >= 0.3 is 11.0 Å². The molecule has 1 aromatic heterocycles. The van der Waals surface area contributed by atoms with Gasteiger partial charge in [0.1, 0.15) is 0 Å². The molecule has 0 aliphatic carbocycles. The summed E-state index contributed by atoms with van der Waals surface area (Å²) in [6, 6.07) is 7.19. The van der Waals surface area contributed by atoms with Crippen LogP contribution in [0.25, 0.3) is 10.1 Å². The number of thiophene rings is 1. The van der Waals surface area contributed by atoms with E-state index >= 15 is 0 Å². The molecule has 2 aromatic rings. The Morgan fingerprint density at radius 1 is 1.00 bits per heavy atom. The molecule has 28 heavy (non-hydrogen) atoms. The van der Waals surface area contributed by atoms with Gasteiger partial charge in [0.2, 0.25) is 0 Å². The van der Waals surface area contributed by atoms with Gasteiger partial charge in [-0.05, 0) is 29.5 Å². The normalized spacial score (nSPS) is 14.0. The van der Waals surface area contributed by atoms with Gasteiger partial charge in [0.05, 0.1) is 10.5 Å². The SMILES string of the molecule is CCCc1cc2cc(C(C)(C)C)ccc2[s+]1C(F)(F)F.O=S(=O)([O-])C(F)(F)F. The number of hydrogen-bond acceptors (Lipinski definition) is 3. The lowest BCUT2D eigenvalue weighted by Crippen LogP contribution is -2.21. The Kier molecular flexibility index (Phi) is 7.23. The van der Waals surface area contributed by atoms with Crippen LogP contribution < -0.4 is 0 Å². The lowest BCUT2D eigenvalue weighted by atomic mass is 9.86.